The molecule has 0 N–H and O–H groups in total. The van der Waals surface area contributed by atoms with Gasteiger partial charge < -0.3 is 13.6 Å². The van der Waals surface area contributed by atoms with Crippen molar-refractivity contribution in [3.63, 3.8) is 0 Å². The molecular weight excluding hydrogens is 1130 g/mol. The normalized spacial score (nSPS) is 11.8. The van der Waals surface area contributed by atoms with Crippen LogP contribution in [0.1, 0.15) is 112 Å². The van der Waals surface area contributed by atoms with Gasteiger partial charge in [-0.2, -0.15) is 23.8 Å². The van der Waals surface area contributed by atoms with Crippen LogP contribution in [0.3, 0.4) is 0 Å². The molecule has 9 heteroatoms. The van der Waals surface area contributed by atoms with Crippen molar-refractivity contribution in [2.75, 3.05) is 0 Å². The molecule has 6 nitrogen and oxygen atoms in total. The molecule has 0 amide bonds. The van der Waals surface area contributed by atoms with Crippen LogP contribution in [0, 0.1) is 30.1 Å². The fraction of sp³-hybridized carbons (Fsp3) is 0.224. The average Bonchev–Trinajstić information content (AvgIpc) is 4.11. The largest absolute Gasteiger partial charge is 0.497 e. The summed E-state index contributed by atoms with van der Waals surface area (Å²) < 4.78 is 26.2. The zero-order chi connectivity index (χ0) is 53.0. The Morgan fingerprint density at radius 2 is 1.09 bits per heavy atom. The molecule has 0 bridgehead atoms. The first-order chi connectivity index (χ1) is 36.0. The quantitative estimate of drug-likeness (QED) is 0.101. The van der Waals surface area contributed by atoms with Gasteiger partial charge in [0.25, 0.3) is 0 Å². The Kier molecular flexibility index (Phi) is 15.0. The van der Waals surface area contributed by atoms with Crippen LogP contribution >= 0.6 is 0 Å². The zero-order valence-electron chi connectivity index (χ0n) is 45.3. The van der Waals surface area contributed by atoms with Crippen LogP contribution in [-0.2, 0) is 20.1 Å². The van der Waals surface area contributed by atoms with Gasteiger partial charge >= 0.3 is 0 Å². The number of halogens is 1. The molecule has 0 aliphatic heterocycles. The van der Waals surface area contributed by atoms with Gasteiger partial charge in [-0.3, -0.25) is 4.98 Å². The molecule has 11 aromatic rings. The first-order valence-electron chi connectivity index (χ1n) is 26.2. The Labute approximate surface area is 461 Å². The molecule has 8 aromatic carbocycles. The van der Waals surface area contributed by atoms with Gasteiger partial charge in [0, 0.05) is 31.2 Å². The van der Waals surface area contributed by atoms with Crippen molar-refractivity contribution < 1.29 is 28.9 Å². The molecule has 0 atom stereocenters. The molecule has 385 valence electrons. The van der Waals surface area contributed by atoms with Gasteiger partial charge in [0.05, 0.1) is 58.6 Å². The van der Waals surface area contributed by atoms with Crippen LogP contribution in [-0.4, -0.2) is 27.2 Å². The predicted octanol–water partition coefficient (Wildman–Crippen LogP) is 18.0. The third-order valence-corrected chi connectivity index (χ3v) is 16.6. The van der Waals surface area contributed by atoms with Gasteiger partial charge in [-0.05, 0) is 99.5 Å². The molecule has 3 aromatic heterocycles. The Bertz CT molecular complexity index is 3940. The fourth-order valence-electron chi connectivity index (χ4n) is 10.5. The zero-order valence-corrected chi connectivity index (χ0v) is 48.7. The second-order valence-corrected chi connectivity index (χ2v) is 27.1. The Morgan fingerprint density at radius 3 is 1.64 bits per heavy atom. The van der Waals surface area contributed by atoms with E-state index in [1.54, 1.807) is 6.07 Å². The summed E-state index contributed by atoms with van der Waals surface area (Å²) in [5, 5.41) is 12.3. The van der Waals surface area contributed by atoms with E-state index in [1.165, 1.54) is 50.3 Å². The summed E-state index contributed by atoms with van der Waals surface area (Å²) in [4.78, 5) is 10.2. The van der Waals surface area contributed by atoms with E-state index in [-0.39, 0.29) is 43.1 Å². The van der Waals surface area contributed by atoms with Gasteiger partial charge in [-0.25, -0.2) is 9.37 Å². The van der Waals surface area contributed by atoms with E-state index in [2.05, 4.69) is 200 Å². The van der Waals surface area contributed by atoms with Crippen LogP contribution < -0.4 is 5.19 Å². The van der Waals surface area contributed by atoms with E-state index in [4.69, 9.17) is 14.4 Å². The van der Waals surface area contributed by atoms with Gasteiger partial charge in [-0.1, -0.05) is 176 Å². The van der Waals surface area contributed by atoms with E-state index in [0.29, 0.717) is 34.2 Å². The maximum atomic E-state index is 15.3. The number of fused-ring (bicyclic) bond motifs is 5. The topological polar surface area (TPSA) is 72.6 Å². The number of nitrogens with zero attached hydrogens (tertiary/aromatic N) is 5. The Hall–Kier alpha value is -7.34. The predicted molar refractivity (Wildman–Crippen MR) is 313 cm³/mol. The molecule has 0 fully saturated rings. The number of hydrogen-bond donors (Lipinski definition) is 0. The SMILES string of the molecule is CC(C)c1cc(-c2ccc([Si](C)(C)C)cc2)cc(C(C)C)c1-n1c(-c2[c-]ccc3c2oc2c(F)c(C#N)ccc23)nc2ccccc21.[CH2-]c1ccccc1-c1nc2ccccc2n1-c1c(C(C)C)cccc1C(C)C.[Ir]. The maximum Gasteiger partial charge on any atom is 0.182 e. The van der Waals surface area contributed by atoms with Crippen molar-refractivity contribution >= 4 is 57.3 Å². The van der Waals surface area contributed by atoms with E-state index in [9.17, 15) is 5.26 Å². The molecule has 0 aliphatic rings. The molecule has 0 aliphatic carbocycles. The van der Waals surface area contributed by atoms with Crippen molar-refractivity contribution in [3.8, 4) is 51.3 Å². The van der Waals surface area contributed by atoms with Crippen molar-refractivity contribution in [2.45, 2.75) is 98.7 Å². The Balaban J connectivity index is 0.000000208. The van der Waals surface area contributed by atoms with Crippen LogP contribution in [0.5, 0.6) is 0 Å². The molecular formula is C67H64FIrN5OSi-2. The maximum absolute atomic E-state index is 15.3. The number of furan rings is 1. The van der Waals surface area contributed by atoms with Crippen molar-refractivity contribution in [1.82, 2.24) is 19.1 Å². The number of imidazole rings is 2. The summed E-state index contributed by atoms with van der Waals surface area (Å²) in [6, 6.07) is 57.6. The van der Waals surface area contributed by atoms with Crippen LogP contribution in [0.4, 0.5) is 4.39 Å². The molecule has 1 radical (unpaired) electrons. The van der Waals surface area contributed by atoms with E-state index < -0.39 is 13.9 Å². The smallest absolute Gasteiger partial charge is 0.182 e. The summed E-state index contributed by atoms with van der Waals surface area (Å²) >= 11 is 0. The second kappa shape index (κ2) is 21.4. The summed E-state index contributed by atoms with van der Waals surface area (Å²) in [5.74, 6) is 2.23. The number of hydrogen-bond acceptors (Lipinski definition) is 4. The molecule has 0 saturated heterocycles. The first-order valence-corrected chi connectivity index (χ1v) is 29.7. The Morgan fingerprint density at radius 1 is 0.579 bits per heavy atom. The summed E-state index contributed by atoms with van der Waals surface area (Å²) in [6.45, 7) is 29.4. The van der Waals surface area contributed by atoms with Crippen molar-refractivity contribution in [1.29, 1.82) is 5.26 Å². The monoisotopic (exact) mass is 1190 g/mol. The molecule has 3 heterocycles. The van der Waals surface area contributed by atoms with E-state index in [0.717, 1.165) is 50.1 Å². The minimum atomic E-state index is -1.42. The number of aromatic nitrogens is 4. The van der Waals surface area contributed by atoms with Crippen LogP contribution in [0.15, 0.2) is 156 Å². The van der Waals surface area contributed by atoms with Crippen molar-refractivity contribution in [2.24, 2.45) is 0 Å². The summed E-state index contributed by atoms with van der Waals surface area (Å²) in [6.07, 6.45) is 0. The molecule has 0 saturated carbocycles. The van der Waals surface area contributed by atoms with Gasteiger partial charge in [0.15, 0.2) is 11.4 Å². The number of rotatable bonds is 10. The average molecular weight is 1190 g/mol. The van der Waals surface area contributed by atoms with Crippen LogP contribution in [0.2, 0.25) is 19.6 Å². The fourth-order valence-corrected chi connectivity index (χ4v) is 11.7. The van der Waals surface area contributed by atoms with E-state index >= 15 is 4.39 Å². The minimum absolute atomic E-state index is 0. The standard InChI is InChI=1S/C41H37FN3OSi.C26H27N2.Ir/c1-24(2)33-21-28(26-15-18-29(19-16-26)47(5,6)7)22-34(25(3)4)38(33)45-36-14-9-8-13-35(36)44-41(45)32-12-10-11-30-31-20-17-27(23-43)37(42)40(31)46-39(30)32;1-17(2)20-13-10-14-21(18(3)4)25(20)28-24-16-9-8-15-23(24)27-26(28)22-12-7-6-11-19(22)5;/h8-11,13-22,24-25H,1-7H3;6-18H,5H2,1-4H3;/q2*-1;. The number of para-hydroxylation sites is 5. The van der Waals surface area contributed by atoms with Crippen LogP contribution in [0.25, 0.3) is 89.3 Å². The molecule has 0 unspecified atom stereocenters. The molecule has 76 heavy (non-hydrogen) atoms. The number of benzene rings is 8. The van der Waals surface area contributed by atoms with Crippen molar-refractivity contribution in [3.05, 3.63) is 204 Å². The first kappa shape index (κ1) is 53.5. The summed E-state index contributed by atoms with van der Waals surface area (Å²) in [5.41, 5.74) is 17.1. The molecule has 0 spiro atoms. The minimum Gasteiger partial charge on any atom is -0.497 e. The van der Waals surface area contributed by atoms with Gasteiger partial charge in [-0.15, -0.1) is 30.3 Å². The number of nitriles is 1. The van der Waals surface area contributed by atoms with Gasteiger partial charge in [0.1, 0.15) is 6.07 Å². The van der Waals surface area contributed by atoms with Gasteiger partial charge in [0.2, 0.25) is 0 Å². The third-order valence-electron chi connectivity index (χ3n) is 14.6. The third kappa shape index (κ3) is 9.64. The van der Waals surface area contributed by atoms with E-state index in [1.807, 2.05) is 42.5 Å². The summed E-state index contributed by atoms with van der Waals surface area (Å²) in [7, 11) is -1.42. The second-order valence-electron chi connectivity index (χ2n) is 22.0. The molecule has 11 rings (SSSR count).